The molecule has 3 aromatic carbocycles. The molecule has 0 saturated carbocycles. The van der Waals surface area contributed by atoms with Gasteiger partial charge in [-0.2, -0.15) is 5.10 Å². The van der Waals surface area contributed by atoms with Gasteiger partial charge < -0.3 is 19.5 Å². The van der Waals surface area contributed by atoms with Crippen molar-refractivity contribution in [3.8, 4) is 22.9 Å². The van der Waals surface area contributed by atoms with E-state index in [0.717, 1.165) is 27.4 Å². The van der Waals surface area contributed by atoms with E-state index >= 15 is 0 Å². The van der Waals surface area contributed by atoms with Gasteiger partial charge in [0, 0.05) is 17.7 Å². The Balaban J connectivity index is 1.22. The molecule has 11 nitrogen and oxygen atoms in total. The second-order valence-corrected chi connectivity index (χ2v) is 12.7. The number of hydrogen-bond acceptors (Lipinski definition) is 10. The lowest BCUT2D eigenvalue weighted by atomic mass is 9.99. The number of nitrogens with zero attached hydrogens (tertiary/aromatic N) is 5. The lowest BCUT2D eigenvalue weighted by Crippen LogP contribution is -2.29. The highest BCUT2D eigenvalue weighted by molar-refractivity contribution is 7.99. The number of rotatable bonds is 13. The van der Waals surface area contributed by atoms with Crippen molar-refractivity contribution in [2.45, 2.75) is 31.1 Å². The largest absolute Gasteiger partial charge is 0.493 e. The lowest BCUT2D eigenvalue weighted by molar-refractivity contribution is -0.130. The minimum atomic E-state index is -0.390. The van der Waals surface area contributed by atoms with Crippen LogP contribution in [0, 0.1) is 6.92 Å². The van der Waals surface area contributed by atoms with Gasteiger partial charge >= 0.3 is 0 Å². The molecule has 2 aromatic heterocycles. The Hall–Kier alpha value is -5.14. The van der Waals surface area contributed by atoms with Crippen molar-refractivity contribution < 1.29 is 23.8 Å². The summed E-state index contributed by atoms with van der Waals surface area (Å²) in [4.78, 5) is 27.6. The van der Waals surface area contributed by atoms with Crippen molar-refractivity contribution in [1.82, 2.24) is 25.1 Å². The van der Waals surface area contributed by atoms with E-state index in [-0.39, 0.29) is 30.7 Å². The zero-order valence-electron chi connectivity index (χ0n) is 26.7. The molecule has 0 radical (unpaired) electrons. The molecule has 1 atom stereocenters. The van der Waals surface area contributed by atoms with E-state index in [0.29, 0.717) is 34.7 Å². The zero-order valence-corrected chi connectivity index (χ0v) is 28.3. The maximum atomic E-state index is 14.0. The number of para-hydroxylation sites is 2. The van der Waals surface area contributed by atoms with Gasteiger partial charge in [0.25, 0.3) is 11.8 Å². The number of nitrogens with one attached hydrogen (secondary N) is 1. The fourth-order valence-corrected chi connectivity index (χ4v) is 6.91. The minimum Gasteiger partial charge on any atom is -0.493 e. The van der Waals surface area contributed by atoms with Crippen LogP contribution in [-0.4, -0.2) is 63.9 Å². The van der Waals surface area contributed by atoms with Crippen LogP contribution >= 0.6 is 23.1 Å². The molecular formula is C35H34N6O5S2. The number of amides is 2. The number of hydrazone groups is 1. The molecule has 0 bridgehead atoms. The highest BCUT2D eigenvalue weighted by atomic mass is 32.2. The van der Waals surface area contributed by atoms with E-state index in [1.807, 2.05) is 89.7 Å². The van der Waals surface area contributed by atoms with Crippen molar-refractivity contribution in [2.75, 3.05) is 26.6 Å². The first-order chi connectivity index (χ1) is 23.4. The summed E-state index contributed by atoms with van der Waals surface area (Å²) in [5, 5.41) is 20.6. The Kier molecular flexibility index (Phi) is 10.4. The molecule has 6 rings (SSSR count). The highest BCUT2D eigenvalue weighted by Crippen LogP contribution is 2.42. The number of methoxy groups -OCH3 is 2. The van der Waals surface area contributed by atoms with E-state index in [1.54, 1.807) is 42.7 Å². The summed E-state index contributed by atoms with van der Waals surface area (Å²) in [6, 6.07) is 26.3. The number of aromatic nitrogens is 3. The second kappa shape index (κ2) is 15.2. The molecule has 1 N–H and O–H groups in total. The SMILES string of the molecule is COc1cccc(C2CC(c3cccs3)=NN2C(=O)CSc2nnc(CNC(=O)COc3ccccc3)n2-c2cccc(C)c2)c1OC. The Morgan fingerprint density at radius 1 is 0.979 bits per heavy atom. The fourth-order valence-electron chi connectivity index (χ4n) is 5.37. The quantitative estimate of drug-likeness (QED) is 0.154. The number of thiophene rings is 1. The van der Waals surface area contributed by atoms with E-state index in [4.69, 9.17) is 19.3 Å². The van der Waals surface area contributed by atoms with E-state index in [1.165, 1.54) is 11.8 Å². The number of hydrogen-bond donors (Lipinski definition) is 1. The van der Waals surface area contributed by atoms with Crippen molar-refractivity contribution >= 4 is 40.6 Å². The third kappa shape index (κ3) is 7.37. The van der Waals surface area contributed by atoms with Crippen LogP contribution in [-0.2, 0) is 16.1 Å². The number of carbonyl (C=O) groups excluding carboxylic acids is 2. The number of thioether (sulfide) groups is 1. The van der Waals surface area contributed by atoms with Crippen LogP contribution in [0.15, 0.2) is 101 Å². The average molecular weight is 683 g/mol. The van der Waals surface area contributed by atoms with Crippen LogP contribution in [0.25, 0.3) is 5.69 Å². The van der Waals surface area contributed by atoms with E-state index in [9.17, 15) is 9.59 Å². The van der Waals surface area contributed by atoms with Crippen LogP contribution < -0.4 is 19.5 Å². The summed E-state index contributed by atoms with van der Waals surface area (Å²) in [5.41, 5.74) is 3.50. The first kappa shape index (κ1) is 32.8. The minimum absolute atomic E-state index is 0.0469. The molecular weight excluding hydrogens is 649 g/mol. The van der Waals surface area contributed by atoms with Gasteiger partial charge in [0.15, 0.2) is 29.1 Å². The van der Waals surface area contributed by atoms with Crippen LogP contribution in [0.1, 0.15) is 34.3 Å². The van der Waals surface area contributed by atoms with Gasteiger partial charge in [-0.05, 0) is 54.3 Å². The second-order valence-electron chi connectivity index (χ2n) is 10.8. The third-order valence-electron chi connectivity index (χ3n) is 7.61. The number of ether oxygens (including phenoxy) is 3. The van der Waals surface area contributed by atoms with Crippen LogP contribution in [0.4, 0.5) is 0 Å². The topological polar surface area (TPSA) is 120 Å². The van der Waals surface area contributed by atoms with Gasteiger partial charge in [-0.3, -0.25) is 14.2 Å². The van der Waals surface area contributed by atoms with Crippen molar-refractivity contribution in [2.24, 2.45) is 5.10 Å². The molecule has 1 aliphatic heterocycles. The molecule has 5 aromatic rings. The van der Waals surface area contributed by atoms with Crippen molar-refractivity contribution in [3.63, 3.8) is 0 Å². The zero-order chi connectivity index (χ0) is 33.5. The number of carbonyl (C=O) groups is 2. The molecule has 2 amide bonds. The molecule has 246 valence electrons. The van der Waals surface area contributed by atoms with Crippen LogP contribution in [0.5, 0.6) is 17.2 Å². The first-order valence-electron chi connectivity index (χ1n) is 15.2. The standard InChI is InChI=1S/C35H34N6O5S2/c1-23-10-7-11-24(18-23)40-31(20-36-32(42)21-46-25-12-5-4-6-13-25)37-38-35(40)48-22-33(43)41-28(19-27(39-41)30-16-9-17-47-30)26-14-8-15-29(44-2)34(26)45-3/h4-18,28H,19-22H2,1-3H3,(H,36,42). The van der Waals surface area contributed by atoms with E-state index in [2.05, 4.69) is 15.5 Å². The summed E-state index contributed by atoms with van der Waals surface area (Å²) in [7, 11) is 3.18. The molecule has 0 fully saturated rings. The predicted octanol–water partition coefficient (Wildman–Crippen LogP) is 5.82. The lowest BCUT2D eigenvalue weighted by Gasteiger charge is -2.24. The Morgan fingerprint density at radius 2 is 1.81 bits per heavy atom. The smallest absolute Gasteiger partial charge is 0.258 e. The average Bonchev–Trinajstić information content (AvgIpc) is 3.89. The monoisotopic (exact) mass is 682 g/mol. The van der Waals surface area contributed by atoms with Crippen LogP contribution in [0.2, 0.25) is 0 Å². The van der Waals surface area contributed by atoms with Gasteiger partial charge in [-0.25, -0.2) is 5.01 Å². The van der Waals surface area contributed by atoms with Gasteiger partial charge in [-0.15, -0.1) is 21.5 Å². The summed E-state index contributed by atoms with van der Waals surface area (Å²) in [6.07, 6.45) is 0.526. The summed E-state index contributed by atoms with van der Waals surface area (Å²) < 4.78 is 18.7. The normalized spacial score (nSPS) is 14.0. The predicted molar refractivity (Wildman–Crippen MR) is 185 cm³/mol. The van der Waals surface area contributed by atoms with Gasteiger partial charge in [0.2, 0.25) is 0 Å². The Bertz CT molecular complexity index is 1910. The van der Waals surface area contributed by atoms with Gasteiger partial charge in [-0.1, -0.05) is 60.3 Å². The summed E-state index contributed by atoms with van der Waals surface area (Å²) in [5.74, 6) is 1.82. The third-order valence-corrected chi connectivity index (χ3v) is 9.44. The molecule has 1 unspecified atom stereocenters. The molecule has 3 heterocycles. The molecule has 1 aliphatic rings. The van der Waals surface area contributed by atoms with Crippen molar-refractivity contribution in [1.29, 1.82) is 0 Å². The number of aryl methyl sites for hydroxylation is 1. The molecule has 0 saturated heterocycles. The van der Waals surface area contributed by atoms with Gasteiger partial charge in [0.05, 0.1) is 43.1 Å². The Labute approximate surface area is 286 Å². The summed E-state index contributed by atoms with van der Waals surface area (Å²) >= 11 is 2.84. The van der Waals surface area contributed by atoms with Crippen LogP contribution in [0.3, 0.4) is 0 Å². The Morgan fingerprint density at radius 3 is 2.56 bits per heavy atom. The summed E-state index contributed by atoms with van der Waals surface area (Å²) in [6.45, 7) is 1.97. The molecule has 0 spiro atoms. The molecule has 13 heteroatoms. The van der Waals surface area contributed by atoms with Gasteiger partial charge in [0.1, 0.15) is 5.75 Å². The molecule has 0 aliphatic carbocycles. The first-order valence-corrected chi connectivity index (χ1v) is 17.0. The fraction of sp³-hybridized carbons (Fsp3) is 0.229. The van der Waals surface area contributed by atoms with E-state index < -0.39 is 6.04 Å². The highest BCUT2D eigenvalue weighted by Gasteiger charge is 2.36. The number of benzene rings is 3. The van der Waals surface area contributed by atoms with Crippen molar-refractivity contribution in [3.05, 3.63) is 112 Å². The maximum absolute atomic E-state index is 14.0. The molecule has 48 heavy (non-hydrogen) atoms. The maximum Gasteiger partial charge on any atom is 0.258 e.